The Labute approximate surface area is 245 Å². The van der Waals surface area contributed by atoms with Crippen molar-refractivity contribution in [1.29, 1.82) is 0 Å². The van der Waals surface area contributed by atoms with Gasteiger partial charge in [-0.1, -0.05) is 18.2 Å². The van der Waals surface area contributed by atoms with Gasteiger partial charge < -0.3 is 15.1 Å². The Kier molecular flexibility index (Phi) is 8.53. The van der Waals surface area contributed by atoms with Crippen LogP contribution in [0.25, 0.3) is 10.9 Å². The summed E-state index contributed by atoms with van der Waals surface area (Å²) < 4.78 is 67.2. The lowest BCUT2D eigenvalue weighted by molar-refractivity contribution is -0.137. The SMILES string of the molecule is CC(C)N(C)[C@@H]1CC[C@H](N2CCC(Nc3ccnc4ccc(C(F)(F)F)cc34)C2=O)[C@H](CS(=O)(=O)c2ccccc2)C1. The second-order valence-corrected chi connectivity index (χ2v) is 13.8. The summed E-state index contributed by atoms with van der Waals surface area (Å²) in [6, 6.07) is 13.0. The second-order valence-electron chi connectivity index (χ2n) is 11.8. The summed E-state index contributed by atoms with van der Waals surface area (Å²) in [7, 11) is -1.52. The van der Waals surface area contributed by atoms with Crippen molar-refractivity contribution in [2.24, 2.45) is 5.92 Å². The minimum absolute atomic E-state index is 0.0544. The van der Waals surface area contributed by atoms with Gasteiger partial charge in [0.15, 0.2) is 9.84 Å². The fourth-order valence-corrected chi connectivity index (χ4v) is 8.10. The van der Waals surface area contributed by atoms with E-state index < -0.39 is 27.6 Å². The molecule has 2 aromatic carbocycles. The standard InChI is InChI=1S/C31H37F3N4O3S/c1-20(2)37(3)23-10-12-29(21(17-23)19-42(40,41)24-7-5-4-6-8-24)38-16-14-28(30(38)39)36-27-13-15-35-26-11-9-22(18-25(26)27)31(32,33)34/h4-9,11,13,15,18,20-21,23,28-29H,10,12,14,16-17,19H2,1-3H3,(H,35,36)/t21-,23+,28?,29-/m0/s1. The van der Waals surface area contributed by atoms with Gasteiger partial charge >= 0.3 is 6.18 Å². The number of amides is 1. The van der Waals surface area contributed by atoms with Crippen molar-refractivity contribution in [3.05, 3.63) is 66.4 Å². The first-order chi connectivity index (χ1) is 19.8. The number of fused-ring (bicyclic) bond motifs is 1. The zero-order chi connectivity index (χ0) is 30.2. The van der Waals surface area contributed by atoms with E-state index in [9.17, 15) is 26.4 Å². The lowest BCUT2D eigenvalue weighted by Crippen LogP contribution is -2.52. The first-order valence-electron chi connectivity index (χ1n) is 14.4. The molecule has 1 saturated carbocycles. The molecule has 226 valence electrons. The number of sulfone groups is 1. The third-order valence-electron chi connectivity index (χ3n) is 8.88. The minimum atomic E-state index is -4.50. The lowest BCUT2D eigenvalue weighted by atomic mass is 9.81. The molecule has 1 amide bonds. The Morgan fingerprint density at radius 2 is 1.81 bits per heavy atom. The van der Waals surface area contributed by atoms with Crippen LogP contribution in [0.15, 0.2) is 65.7 Å². The molecule has 3 aromatic rings. The molecule has 0 radical (unpaired) electrons. The molecule has 7 nitrogen and oxygen atoms in total. The number of nitrogens with zero attached hydrogens (tertiary/aromatic N) is 3. The van der Waals surface area contributed by atoms with Crippen molar-refractivity contribution < 1.29 is 26.4 Å². The maximum absolute atomic E-state index is 13.8. The number of alkyl halides is 3. The number of likely N-dealkylation sites (tertiary alicyclic amines) is 1. The van der Waals surface area contributed by atoms with Gasteiger partial charge in [0.05, 0.1) is 21.7 Å². The normalized spacial score (nSPS) is 23.7. The van der Waals surface area contributed by atoms with E-state index in [0.717, 1.165) is 18.6 Å². The second kappa shape index (κ2) is 11.8. The number of aromatic nitrogens is 1. The smallest absolute Gasteiger partial charge is 0.373 e. The van der Waals surface area contributed by atoms with Crippen LogP contribution in [-0.2, 0) is 20.8 Å². The quantitative estimate of drug-likeness (QED) is 0.361. The largest absolute Gasteiger partial charge is 0.416 e. The molecule has 1 aliphatic carbocycles. The summed E-state index contributed by atoms with van der Waals surface area (Å²) in [6.07, 6.45) is -0.348. The number of hydrogen-bond donors (Lipinski definition) is 1. The van der Waals surface area contributed by atoms with Gasteiger partial charge in [-0.2, -0.15) is 13.2 Å². The molecule has 1 N–H and O–H groups in total. The van der Waals surface area contributed by atoms with E-state index in [4.69, 9.17) is 0 Å². The van der Waals surface area contributed by atoms with Crippen LogP contribution in [0.3, 0.4) is 0 Å². The molecule has 1 aromatic heterocycles. The number of rotatable bonds is 8. The molecule has 2 heterocycles. The third-order valence-corrected chi connectivity index (χ3v) is 10.7. The highest BCUT2D eigenvalue weighted by molar-refractivity contribution is 7.91. The van der Waals surface area contributed by atoms with Crippen LogP contribution >= 0.6 is 0 Å². The first kappa shape index (κ1) is 30.3. The van der Waals surface area contributed by atoms with Gasteiger partial charge in [0, 0.05) is 41.9 Å². The van der Waals surface area contributed by atoms with E-state index in [-0.39, 0.29) is 34.6 Å². The molecule has 42 heavy (non-hydrogen) atoms. The monoisotopic (exact) mass is 602 g/mol. The van der Waals surface area contributed by atoms with Gasteiger partial charge in [-0.05, 0) is 88.9 Å². The van der Waals surface area contributed by atoms with Crippen LogP contribution in [0, 0.1) is 5.92 Å². The molecule has 11 heteroatoms. The molecule has 1 saturated heterocycles. The van der Waals surface area contributed by atoms with E-state index in [1.807, 2.05) is 0 Å². The van der Waals surface area contributed by atoms with Crippen LogP contribution < -0.4 is 5.32 Å². The van der Waals surface area contributed by atoms with Crippen LogP contribution in [0.2, 0.25) is 0 Å². The Hall–Kier alpha value is -3.18. The molecule has 1 aliphatic heterocycles. The van der Waals surface area contributed by atoms with Crippen molar-refractivity contribution in [3.8, 4) is 0 Å². The Balaban J connectivity index is 1.38. The van der Waals surface area contributed by atoms with Gasteiger partial charge in [0.2, 0.25) is 5.91 Å². The van der Waals surface area contributed by atoms with Crippen LogP contribution in [0.4, 0.5) is 18.9 Å². The maximum atomic E-state index is 13.8. The molecule has 5 rings (SSSR count). The zero-order valence-corrected chi connectivity index (χ0v) is 24.8. The molecule has 2 aliphatic rings. The van der Waals surface area contributed by atoms with Crippen LogP contribution in [0.5, 0.6) is 0 Å². The number of carbonyl (C=O) groups excluding carboxylic acids is 1. The number of nitrogens with one attached hydrogen (secondary N) is 1. The highest BCUT2D eigenvalue weighted by atomic mass is 32.2. The fraction of sp³-hybridized carbons (Fsp3) is 0.484. The van der Waals surface area contributed by atoms with E-state index in [1.165, 1.54) is 12.3 Å². The van der Waals surface area contributed by atoms with Gasteiger partial charge in [-0.3, -0.25) is 9.78 Å². The number of carbonyl (C=O) groups is 1. The summed E-state index contributed by atoms with van der Waals surface area (Å²) in [5.41, 5.74) is 0.0295. The van der Waals surface area contributed by atoms with E-state index in [1.54, 1.807) is 41.3 Å². The highest BCUT2D eigenvalue weighted by Gasteiger charge is 2.44. The maximum Gasteiger partial charge on any atom is 0.416 e. The number of pyridine rings is 1. The van der Waals surface area contributed by atoms with E-state index in [2.05, 4.69) is 36.1 Å². The van der Waals surface area contributed by atoms with E-state index >= 15 is 0 Å². The summed E-state index contributed by atoms with van der Waals surface area (Å²) in [6.45, 7) is 4.68. The first-order valence-corrected chi connectivity index (χ1v) is 16.0. The number of anilines is 1. The average Bonchev–Trinajstić information content (AvgIpc) is 3.31. The summed E-state index contributed by atoms with van der Waals surface area (Å²) in [4.78, 5) is 22.3. The van der Waals surface area contributed by atoms with Gasteiger partial charge in [-0.15, -0.1) is 0 Å². The summed E-state index contributed by atoms with van der Waals surface area (Å²) >= 11 is 0. The van der Waals surface area contributed by atoms with Crippen LogP contribution in [0.1, 0.15) is 45.1 Å². The predicted octanol–water partition coefficient (Wildman–Crippen LogP) is 5.62. The summed E-state index contributed by atoms with van der Waals surface area (Å²) in [5.74, 6) is -0.468. The molecule has 2 fully saturated rings. The molecular weight excluding hydrogens is 565 g/mol. The van der Waals surface area contributed by atoms with Crippen molar-refractivity contribution in [1.82, 2.24) is 14.8 Å². The molecular formula is C31H37F3N4O3S. The van der Waals surface area contributed by atoms with Crippen molar-refractivity contribution >= 4 is 32.3 Å². The number of halogens is 3. The minimum Gasteiger partial charge on any atom is -0.373 e. The zero-order valence-electron chi connectivity index (χ0n) is 24.0. The molecule has 0 bridgehead atoms. The topological polar surface area (TPSA) is 82.6 Å². The average molecular weight is 603 g/mol. The Bertz CT molecular complexity index is 1530. The number of benzene rings is 2. The lowest BCUT2D eigenvalue weighted by Gasteiger charge is -2.44. The van der Waals surface area contributed by atoms with Crippen molar-refractivity contribution in [2.75, 3.05) is 24.7 Å². The van der Waals surface area contributed by atoms with Gasteiger partial charge in [0.25, 0.3) is 0 Å². The van der Waals surface area contributed by atoms with Crippen molar-refractivity contribution in [2.45, 2.75) is 74.8 Å². The molecule has 1 unspecified atom stereocenters. The van der Waals surface area contributed by atoms with Gasteiger partial charge in [-0.25, -0.2) is 8.42 Å². The fourth-order valence-electron chi connectivity index (χ4n) is 6.41. The van der Waals surface area contributed by atoms with Crippen LogP contribution in [-0.4, -0.2) is 72.6 Å². The molecule has 0 spiro atoms. The Morgan fingerprint density at radius 1 is 1.07 bits per heavy atom. The third kappa shape index (κ3) is 6.27. The van der Waals surface area contributed by atoms with E-state index in [0.29, 0.717) is 48.4 Å². The van der Waals surface area contributed by atoms with Crippen molar-refractivity contribution in [3.63, 3.8) is 0 Å². The Morgan fingerprint density at radius 3 is 2.50 bits per heavy atom. The highest BCUT2D eigenvalue weighted by Crippen LogP contribution is 2.37. The molecule has 4 atom stereocenters. The predicted molar refractivity (Wildman–Crippen MR) is 157 cm³/mol. The number of hydrogen-bond acceptors (Lipinski definition) is 6. The van der Waals surface area contributed by atoms with Gasteiger partial charge in [0.1, 0.15) is 6.04 Å². The summed E-state index contributed by atoms with van der Waals surface area (Å²) in [5, 5.41) is 3.48.